The predicted octanol–water partition coefficient (Wildman–Crippen LogP) is 3.27. The number of nitrogens with one attached hydrogen (secondary N) is 1. The average Bonchev–Trinajstić information content (AvgIpc) is 2.73. The van der Waals surface area contributed by atoms with Crippen LogP contribution in [0.4, 0.5) is 0 Å². The van der Waals surface area contributed by atoms with Gasteiger partial charge in [0.25, 0.3) is 0 Å². The van der Waals surface area contributed by atoms with E-state index in [9.17, 15) is 13.2 Å². The van der Waals surface area contributed by atoms with Gasteiger partial charge < -0.3 is 5.32 Å². The molecule has 0 aliphatic carbocycles. The Labute approximate surface area is 177 Å². The minimum atomic E-state index is -3.70. The van der Waals surface area contributed by atoms with E-state index in [0.717, 1.165) is 12.8 Å². The first-order chi connectivity index (χ1) is 13.9. The SMILES string of the molecule is CC(CCc1ccccc1)NC(=O)C1CCN(S(=O)(=O)c2cccnc2Cl)CC1. The van der Waals surface area contributed by atoms with E-state index in [1.165, 1.54) is 22.1 Å². The Morgan fingerprint density at radius 3 is 2.55 bits per heavy atom. The molecule has 1 aliphatic rings. The van der Waals surface area contributed by atoms with Gasteiger partial charge in [0.05, 0.1) is 0 Å². The molecule has 3 rings (SSSR count). The van der Waals surface area contributed by atoms with Crippen molar-refractivity contribution in [1.82, 2.24) is 14.6 Å². The number of pyridine rings is 1. The van der Waals surface area contributed by atoms with Crippen molar-refractivity contribution in [3.63, 3.8) is 0 Å². The van der Waals surface area contributed by atoms with Crippen molar-refractivity contribution in [2.75, 3.05) is 13.1 Å². The van der Waals surface area contributed by atoms with E-state index in [-0.39, 0.29) is 27.9 Å². The molecule has 1 aromatic carbocycles. The molecule has 2 heterocycles. The molecule has 0 spiro atoms. The topological polar surface area (TPSA) is 79.4 Å². The molecule has 0 saturated carbocycles. The number of hydrogen-bond acceptors (Lipinski definition) is 4. The third-order valence-corrected chi connectivity index (χ3v) is 7.61. The third-order valence-electron chi connectivity index (χ3n) is 5.26. The number of sulfonamides is 1. The van der Waals surface area contributed by atoms with Gasteiger partial charge in [0.1, 0.15) is 10.0 Å². The number of carbonyl (C=O) groups is 1. The number of aromatic nitrogens is 1. The normalized spacial score (nSPS) is 17.0. The van der Waals surface area contributed by atoms with Gasteiger partial charge in [-0.15, -0.1) is 0 Å². The minimum Gasteiger partial charge on any atom is -0.353 e. The lowest BCUT2D eigenvalue weighted by atomic mass is 9.96. The Hall–Kier alpha value is -1.96. The van der Waals surface area contributed by atoms with Crippen LogP contribution in [0.25, 0.3) is 0 Å². The van der Waals surface area contributed by atoms with Gasteiger partial charge in [-0.2, -0.15) is 4.31 Å². The molecule has 1 aliphatic heterocycles. The maximum atomic E-state index is 12.8. The summed E-state index contributed by atoms with van der Waals surface area (Å²) in [5, 5.41) is 3.05. The van der Waals surface area contributed by atoms with Gasteiger partial charge in [0.2, 0.25) is 15.9 Å². The summed E-state index contributed by atoms with van der Waals surface area (Å²) >= 11 is 5.96. The Morgan fingerprint density at radius 1 is 1.21 bits per heavy atom. The van der Waals surface area contributed by atoms with Crippen molar-refractivity contribution in [3.8, 4) is 0 Å². The molecular formula is C21H26ClN3O3S. The van der Waals surface area contributed by atoms with E-state index in [4.69, 9.17) is 11.6 Å². The molecule has 8 heteroatoms. The predicted molar refractivity (Wildman–Crippen MR) is 113 cm³/mol. The van der Waals surface area contributed by atoms with Crippen LogP contribution in [-0.2, 0) is 21.2 Å². The molecule has 29 heavy (non-hydrogen) atoms. The van der Waals surface area contributed by atoms with Crippen molar-refractivity contribution in [1.29, 1.82) is 0 Å². The number of benzene rings is 1. The second kappa shape index (κ2) is 9.69. The fourth-order valence-electron chi connectivity index (χ4n) is 3.52. The van der Waals surface area contributed by atoms with E-state index < -0.39 is 10.0 Å². The Balaban J connectivity index is 1.50. The van der Waals surface area contributed by atoms with Crippen LogP contribution in [-0.4, -0.2) is 42.7 Å². The van der Waals surface area contributed by atoms with E-state index in [1.807, 2.05) is 25.1 Å². The number of halogens is 1. The van der Waals surface area contributed by atoms with Gasteiger partial charge >= 0.3 is 0 Å². The molecule has 2 aromatic rings. The third kappa shape index (κ3) is 5.56. The number of nitrogens with zero attached hydrogens (tertiary/aromatic N) is 2. The highest BCUT2D eigenvalue weighted by Gasteiger charge is 2.33. The summed E-state index contributed by atoms with van der Waals surface area (Å²) in [4.78, 5) is 16.5. The molecule has 1 fully saturated rings. The first-order valence-corrected chi connectivity index (χ1v) is 11.6. The lowest BCUT2D eigenvalue weighted by molar-refractivity contribution is -0.126. The highest BCUT2D eigenvalue weighted by molar-refractivity contribution is 7.89. The number of piperidine rings is 1. The van der Waals surface area contributed by atoms with Gasteiger partial charge in [0.15, 0.2) is 0 Å². The molecule has 1 amide bonds. The van der Waals surface area contributed by atoms with Crippen LogP contribution in [0.1, 0.15) is 31.7 Å². The van der Waals surface area contributed by atoms with Gasteiger partial charge in [0, 0.05) is 31.2 Å². The summed E-state index contributed by atoms with van der Waals surface area (Å²) in [5.74, 6) is -0.174. The van der Waals surface area contributed by atoms with Crippen molar-refractivity contribution >= 4 is 27.5 Å². The molecule has 0 bridgehead atoms. The Kier molecular flexibility index (Phi) is 7.27. The lowest BCUT2D eigenvalue weighted by Gasteiger charge is -2.31. The zero-order valence-electron chi connectivity index (χ0n) is 16.4. The second-order valence-electron chi connectivity index (χ2n) is 7.40. The van der Waals surface area contributed by atoms with E-state index in [1.54, 1.807) is 6.07 Å². The van der Waals surface area contributed by atoms with Crippen molar-refractivity contribution in [3.05, 3.63) is 59.4 Å². The highest BCUT2D eigenvalue weighted by atomic mass is 35.5. The summed E-state index contributed by atoms with van der Waals surface area (Å²) in [7, 11) is -3.70. The quantitative estimate of drug-likeness (QED) is 0.677. The number of hydrogen-bond donors (Lipinski definition) is 1. The standard InChI is InChI=1S/C21H26ClN3O3S/c1-16(9-10-17-6-3-2-4-7-17)24-21(26)18-11-14-25(15-12-18)29(27,28)19-8-5-13-23-20(19)22/h2-8,13,16,18H,9-12,14-15H2,1H3,(H,24,26). The first-order valence-electron chi connectivity index (χ1n) is 9.83. The number of amides is 1. The number of carbonyl (C=O) groups excluding carboxylic acids is 1. The molecule has 6 nitrogen and oxygen atoms in total. The fourth-order valence-corrected chi connectivity index (χ4v) is 5.42. The first kappa shape index (κ1) is 21.7. The summed E-state index contributed by atoms with van der Waals surface area (Å²) < 4.78 is 27.0. The molecule has 0 radical (unpaired) electrons. The van der Waals surface area contributed by atoms with Gasteiger partial charge in [-0.3, -0.25) is 4.79 Å². The van der Waals surface area contributed by atoms with Crippen LogP contribution >= 0.6 is 11.6 Å². The fraction of sp³-hybridized carbons (Fsp3) is 0.429. The monoisotopic (exact) mass is 435 g/mol. The largest absolute Gasteiger partial charge is 0.353 e. The average molecular weight is 436 g/mol. The van der Waals surface area contributed by atoms with Crippen LogP contribution in [0.2, 0.25) is 5.15 Å². The summed E-state index contributed by atoms with van der Waals surface area (Å²) in [6.07, 6.45) is 4.22. The van der Waals surface area contributed by atoms with Crippen LogP contribution in [0.3, 0.4) is 0 Å². The Bertz CT molecular complexity index is 929. The molecule has 1 unspecified atom stereocenters. The van der Waals surface area contributed by atoms with Gasteiger partial charge in [-0.25, -0.2) is 13.4 Å². The van der Waals surface area contributed by atoms with E-state index in [0.29, 0.717) is 25.9 Å². The highest BCUT2D eigenvalue weighted by Crippen LogP contribution is 2.27. The van der Waals surface area contributed by atoms with Gasteiger partial charge in [-0.1, -0.05) is 41.9 Å². The van der Waals surface area contributed by atoms with Crippen LogP contribution < -0.4 is 5.32 Å². The van der Waals surface area contributed by atoms with Gasteiger partial charge in [-0.05, 0) is 50.3 Å². The Morgan fingerprint density at radius 2 is 1.90 bits per heavy atom. The molecule has 1 atom stereocenters. The number of aryl methyl sites for hydroxylation is 1. The maximum Gasteiger partial charge on any atom is 0.246 e. The maximum absolute atomic E-state index is 12.8. The molecule has 1 N–H and O–H groups in total. The number of rotatable bonds is 7. The zero-order chi connectivity index (χ0) is 20.9. The summed E-state index contributed by atoms with van der Waals surface area (Å²) in [5.41, 5.74) is 1.25. The molecule has 1 saturated heterocycles. The van der Waals surface area contributed by atoms with Crippen molar-refractivity contribution in [2.24, 2.45) is 5.92 Å². The second-order valence-corrected chi connectivity index (χ2v) is 9.67. The molecule has 156 valence electrons. The van der Waals surface area contributed by atoms with E-state index >= 15 is 0 Å². The summed E-state index contributed by atoms with van der Waals surface area (Å²) in [6, 6.07) is 13.3. The smallest absolute Gasteiger partial charge is 0.246 e. The van der Waals surface area contributed by atoms with Crippen LogP contribution in [0.5, 0.6) is 0 Å². The van der Waals surface area contributed by atoms with E-state index in [2.05, 4.69) is 22.4 Å². The lowest BCUT2D eigenvalue weighted by Crippen LogP contribution is -2.44. The van der Waals surface area contributed by atoms with Crippen molar-refractivity contribution < 1.29 is 13.2 Å². The van der Waals surface area contributed by atoms with Crippen molar-refractivity contribution in [2.45, 2.75) is 43.5 Å². The molecule has 1 aromatic heterocycles. The van der Waals surface area contributed by atoms with Crippen LogP contribution in [0, 0.1) is 5.92 Å². The molecular weight excluding hydrogens is 410 g/mol. The van der Waals surface area contributed by atoms with Crippen LogP contribution in [0.15, 0.2) is 53.6 Å². The zero-order valence-corrected chi connectivity index (χ0v) is 18.0. The summed E-state index contributed by atoms with van der Waals surface area (Å²) in [6.45, 7) is 2.60. The minimum absolute atomic E-state index is 0.00187.